The Morgan fingerprint density at radius 2 is 1.72 bits per heavy atom. The van der Waals surface area contributed by atoms with Crippen molar-refractivity contribution in [2.24, 2.45) is 5.92 Å². The molecule has 5 rings (SSSR count). The van der Waals surface area contributed by atoms with Crippen LogP contribution < -0.4 is 14.8 Å². The van der Waals surface area contributed by atoms with Crippen molar-refractivity contribution in [3.8, 4) is 5.75 Å². The molecule has 3 amide bonds. The summed E-state index contributed by atoms with van der Waals surface area (Å²) in [5.74, 6) is -0.00407. The van der Waals surface area contributed by atoms with Gasteiger partial charge in [-0.3, -0.25) is 14.4 Å². The summed E-state index contributed by atoms with van der Waals surface area (Å²) in [7, 11) is 0.830. The van der Waals surface area contributed by atoms with Gasteiger partial charge in [-0.2, -0.15) is 0 Å². The molecule has 0 spiro atoms. The van der Waals surface area contributed by atoms with Gasteiger partial charge in [-0.1, -0.05) is 37.1 Å². The molecule has 0 atom stereocenters. The molecule has 1 saturated carbocycles. The number of anilines is 1. The van der Waals surface area contributed by atoms with Crippen LogP contribution in [0.2, 0.25) is 0 Å². The fraction of sp³-hybridized carbons (Fsp3) is 0.343. The van der Waals surface area contributed by atoms with Gasteiger partial charge in [0, 0.05) is 55.3 Å². The van der Waals surface area contributed by atoms with E-state index in [1.807, 2.05) is 29.0 Å². The fourth-order valence-corrected chi connectivity index (χ4v) is 7.25. The number of methoxy groups -OCH3 is 1. The molecule has 4 aromatic rings. The molecule has 2 N–H and O–H groups in total. The third-order valence-corrected chi connectivity index (χ3v) is 10.0. The first kappa shape index (κ1) is 32.7. The highest BCUT2D eigenvalue weighted by Crippen LogP contribution is 2.32. The van der Waals surface area contributed by atoms with E-state index in [9.17, 15) is 22.8 Å². The van der Waals surface area contributed by atoms with E-state index in [4.69, 9.17) is 4.74 Å². The molecule has 1 fully saturated rings. The Balaban J connectivity index is 1.42. The van der Waals surface area contributed by atoms with E-state index in [0.717, 1.165) is 34.9 Å². The Bertz CT molecular complexity index is 1890. The summed E-state index contributed by atoms with van der Waals surface area (Å²) >= 11 is 0. The third-order valence-electron chi connectivity index (χ3n) is 8.54. The number of aryl methyl sites for hydroxylation is 1. The summed E-state index contributed by atoms with van der Waals surface area (Å²) in [6.45, 7) is 1.81. The zero-order valence-corrected chi connectivity index (χ0v) is 27.4. The van der Waals surface area contributed by atoms with Crippen molar-refractivity contribution >= 4 is 44.3 Å². The van der Waals surface area contributed by atoms with Crippen LogP contribution in [0.5, 0.6) is 5.75 Å². The second-order valence-corrected chi connectivity index (χ2v) is 13.8. The molecule has 11 heteroatoms. The van der Waals surface area contributed by atoms with Crippen LogP contribution >= 0.6 is 0 Å². The van der Waals surface area contributed by atoms with Crippen molar-refractivity contribution in [2.45, 2.75) is 56.9 Å². The molecule has 46 heavy (non-hydrogen) atoms. The van der Waals surface area contributed by atoms with Gasteiger partial charge in [-0.05, 0) is 78.8 Å². The van der Waals surface area contributed by atoms with Crippen molar-refractivity contribution < 1.29 is 27.5 Å². The van der Waals surface area contributed by atoms with Crippen molar-refractivity contribution in [2.75, 3.05) is 26.5 Å². The molecule has 0 unspecified atom stereocenters. The number of carbonyl (C=O) groups excluding carboxylic acids is 3. The normalized spacial score (nSPS) is 13.5. The predicted molar refractivity (Wildman–Crippen MR) is 177 cm³/mol. The third kappa shape index (κ3) is 7.42. The van der Waals surface area contributed by atoms with Crippen LogP contribution in [-0.2, 0) is 32.6 Å². The van der Waals surface area contributed by atoms with E-state index in [2.05, 4.69) is 10.0 Å². The summed E-state index contributed by atoms with van der Waals surface area (Å²) in [4.78, 5) is 40.1. The van der Waals surface area contributed by atoms with Crippen LogP contribution in [0.1, 0.15) is 59.2 Å². The Labute approximate surface area is 269 Å². The van der Waals surface area contributed by atoms with Gasteiger partial charge in [-0.15, -0.1) is 0 Å². The zero-order valence-electron chi connectivity index (χ0n) is 26.6. The van der Waals surface area contributed by atoms with Gasteiger partial charge in [-0.25, -0.2) is 13.1 Å². The summed E-state index contributed by atoms with van der Waals surface area (Å²) in [5, 5.41) is 3.93. The van der Waals surface area contributed by atoms with Crippen LogP contribution in [0.25, 0.3) is 10.9 Å². The van der Waals surface area contributed by atoms with Gasteiger partial charge in [0.15, 0.2) is 0 Å². The summed E-state index contributed by atoms with van der Waals surface area (Å²) in [5.41, 5.74) is 3.83. The number of benzene rings is 3. The number of fused-ring (bicyclic) bond motifs is 1. The maximum absolute atomic E-state index is 13.0. The number of hydrogen-bond donors (Lipinski definition) is 2. The molecular formula is C35H40N4O6S. The number of aromatic nitrogens is 1. The maximum atomic E-state index is 13.0. The molecule has 3 aromatic carbocycles. The predicted octanol–water partition coefficient (Wildman–Crippen LogP) is 5.27. The number of nitrogens with one attached hydrogen (secondary N) is 2. The highest BCUT2D eigenvalue weighted by atomic mass is 32.2. The van der Waals surface area contributed by atoms with Crippen molar-refractivity contribution in [1.29, 1.82) is 0 Å². The summed E-state index contributed by atoms with van der Waals surface area (Å²) in [6, 6.07) is 16.9. The molecule has 0 saturated heterocycles. The molecule has 0 bridgehead atoms. The Morgan fingerprint density at radius 1 is 0.978 bits per heavy atom. The fourth-order valence-electron chi connectivity index (χ4n) is 6.03. The van der Waals surface area contributed by atoms with Gasteiger partial charge in [0.1, 0.15) is 12.3 Å². The lowest BCUT2D eigenvalue weighted by Gasteiger charge is -2.12. The van der Waals surface area contributed by atoms with E-state index in [0.29, 0.717) is 35.8 Å². The average Bonchev–Trinajstić information content (AvgIpc) is 3.64. The van der Waals surface area contributed by atoms with Gasteiger partial charge < -0.3 is 19.5 Å². The lowest BCUT2D eigenvalue weighted by atomic mass is 10.0. The number of hydrogen-bond acceptors (Lipinski definition) is 6. The minimum Gasteiger partial charge on any atom is -0.496 e. The molecule has 0 radical (unpaired) electrons. The van der Waals surface area contributed by atoms with E-state index < -0.39 is 15.9 Å². The molecule has 1 aromatic heterocycles. The first-order valence-electron chi connectivity index (χ1n) is 15.4. The van der Waals surface area contributed by atoms with Crippen molar-refractivity contribution in [1.82, 2.24) is 14.2 Å². The zero-order chi connectivity index (χ0) is 33.0. The summed E-state index contributed by atoms with van der Waals surface area (Å²) in [6.07, 6.45) is 7.35. The van der Waals surface area contributed by atoms with Gasteiger partial charge in [0.25, 0.3) is 15.9 Å². The molecule has 10 nitrogen and oxygen atoms in total. The number of nitrogens with zero attached hydrogens (tertiary/aromatic N) is 2. The Hall–Kier alpha value is -4.64. The van der Waals surface area contributed by atoms with Crippen molar-refractivity contribution in [3.63, 3.8) is 0 Å². The molecule has 1 aliphatic rings. The van der Waals surface area contributed by atoms with Crippen molar-refractivity contribution in [3.05, 3.63) is 89.1 Å². The van der Waals surface area contributed by atoms with E-state index >= 15 is 0 Å². The van der Waals surface area contributed by atoms with Gasteiger partial charge in [0.05, 0.1) is 12.0 Å². The van der Waals surface area contributed by atoms with Crippen LogP contribution in [0.15, 0.2) is 71.8 Å². The number of rotatable bonds is 11. The van der Waals surface area contributed by atoms with Crippen LogP contribution in [0, 0.1) is 12.8 Å². The maximum Gasteiger partial charge on any atom is 0.265 e. The first-order chi connectivity index (χ1) is 21.9. The Morgan fingerprint density at radius 3 is 2.41 bits per heavy atom. The van der Waals surface area contributed by atoms with E-state index in [1.165, 1.54) is 37.0 Å². The quantitative estimate of drug-likeness (QED) is 0.229. The molecule has 0 aliphatic heterocycles. The first-order valence-corrected chi connectivity index (χ1v) is 16.8. The smallest absolute Gasteiger partial charge is 0.265 e. The minimum atomic E-state index is -4.08. The molecule has 1 heterocycles. The molecule has 1 aliphatic carbocycles. The van der Waals surface area contributed by atoms with E-state index in [-0.39, 0.29) is 28.8 Å². The standard InChI is InChI=1S/C35H40N4O6S/c1-23-9-5-8-12-32(23)46(43,44)37-35(42)26-14-13-25(31(19-26)45-4)18-27-21-39(22-34(41)38(2)3)30-16-15-28(20-29(27)30)36-33(40)17-24-10-6-7-11-24/h5,8-9,12-16,19-21,24H,6-7,10-11,17-18,22H2,1-4H3,(H,36,40)(H,37,42). The highest BCUT2D eigenvalue weighted by molar-refractivity contribution is 7.90. The number of ether oxygens (including phenoxy) is 1. The number of sulfonamides is 1. The van der Waals surface area contributed by atoms with Crippen LogP contribution in [-0.4, -0.2) is 56.8 Å². The average molecular weight is 645 g/mol. The number of carbonyl (C=O) groups is 3. The SMILES string of the molecule is COc1cc(C(=O)NS(=O)(=O)c2ccccc2C)ccc1Cc1cn(CC(=O)N(C)C)c2ccc(NC(=O)CC3CCCC3)cc12. The second kappa shape index (κ2) is 13.8. The minimum absolute atomic E-state index is 0.00464. The lowest BCUT2D eigenvalue weighted by Crippen LogP contribution is -2.31. The number of likely N-dealkylation sites (N-methyl/N-ethyl adjacent to an activating group) is 1. The summed E-state index contributed by atoms with van der Waals surface area (Å²) < 4.78 is 35.5. The Kier molecular flexibility index (Phi) is 9.81. The topological polar surface area (TPSA) is 127 Å². The second-order valence-electron chi connectivity index (χ2n) is 12.1. The van der Waals surface area contributed by atoms with Gasteiger partial charge >= 0.3 is 0 Å². The highest BCUT2D eigenvalue weighted by Gasteiger charge is 2.23. The number of amides is 3. The molecular weight excluding hydrogens is 604 g/mol. The van der Waals surface area contributed by atoms with Crippen LogP contribution in [0.3, 0.4) is 0 Å². The molecule has 242 valence electrons. The van der Waals surface area contributed by atoms with Crippen LogP contribution in [0.4, 0.5) is 5.69 Å². The van der Waals surface area contributed by atoms with Gasteiger partial charge in [0.2, 0.25) is 11.8 Å². The largest absolute Gasteiger partial charge is 0.496 e. The monoisotopic (exact) mass is 644 g/mol. The lowest BCUT2D eigenvalue weighted by molar-refractivity contribution is -0.129. The van der Waals surface area contributed by atoms with E-state index in [1.54, 1.807) is 51.4 Å².